The van der Waals surface area contributed by atoms with Gasteiger partial charge in [-0.3, -0.25) is 23.9 Å². The van der Waals surface area contributed by atoms with Crippen molar-refractivity contribution in [2.75, 3.05) is 19.7 Å². The van der Waals surface area contributed by atoms with Crippen molar-refractivity contribution in [1.29, 1.82) is 0 Å². The van der Waals surface area contributed by atoms with E-state index in [0.29, 0.717) is 36.2 Å². The van der Waals surface area contributed by atoms with E-state index in [1.54, 1.807) is 28.7 Å². The first kappa shape index (κ1) is 47.7. The largest absolute Gasteiger partial charge is 0.476 e. The number of hydrogen-bond acceptors (Lipinski definition) is 13. The van der Waals surface area contributed by atoms with E-state index in [0.717, 1.165) is 67.8 Å². The summed E-state index contributed by atoms with van der Waals surface area (Å²) in [7, 11) is 0. The Morgan fingerprint density at radius 1 is 0.985 bits per heavy atom. The monoisotopic (exact) mass is 965 g/mol. The van der Waals surface area contributed by atoms with E-state index >= 15 is 0 Å². The number of hydrogen-bond donors (Lipinski definition) is 3. The van der Waals surface area contributed by atoms with E-state index in [2.05, 4.69) is 44.8 Å². The Hall–Kier alpha value is -5.75. The number of carbonyl (C=O) groups is 3. The number of thiophene rings is 1. The zero-order valence-electron chi connectivity index (χ0n) is 38.7. The molecule has 6 aromatic rings. The van der Waals surface area contributed by atoms with Crippen LogP contribution >= 0.6 is 34.3 Å². The van der Waals surface area contributed by atoms with Crippen LogP contribution in [0.5, 0.6) is 5.88 Å². The third-order valence-electron chi connectivity index (χ3n) is 12.5. The number of amides is 3. The molecular weight excluding hydrogens is 910 g/mol. The molecule has 0 spiro atoms. The van der Waals surface area contributed by atoms with Gasteiger partial charge in [-0.2, -0.15) is 0 Å². The van der Waals surface area contributed by atoms with E-state index < -0.39 is 24.1 Å². The number of aliphatic imine (C=N–C) groups is 1. The second-order valence-corrected chi connectivity index (χ2v) is 20.2. The minimum atomic E-state index is -0.846. The summed E-state index contributed by atoms with van der Waals surface area (Å²) >= 11 is 9.50. The highest BCUT2D eigenvalue weighted by molar-refractivity contribution is 7.15. The van der Waals surface area contributed by atoms with Gasteiger partial charge >= 0.3 is 0 Å². The number of carbonyl (C=O) groups excluding carboxylic acids is 3. The average Bonchev–Trinajstić information content (AvgIpc) is 4.14. The summed E-state index contributed by atoms with van der Waals surface area (Å²) in [6, 6.07) is 15.5. The molecule has 0 radical (unpaired) electrons. The SMILES string of the molecule is Cc1ncsc1-c1ccc([C@H](C)NC(=O)[C@@H]2C[C@@H](O)CN2C(=O)[C@@H](c2cc(OCCCCCNC(=O)C[C@@H]3N=C(c4ccc(Cl)cc4)c4c(sc(C)c4C)-n4c(C)nnc43)no2)C(C)C)cc1. The lowest BCUT2D eigenvalue weighted by molar-refractivity contribution is -0.141. The smallest absolute Gasteiger partial charge is 0.254 e. The number of aromatic nitrogens is 5. The van der Waals surface area contributed by atoms with Gasteiger partial charge in [0.15, 0.2) is 11.6 Å². The number of unbranched alkanes of at least 4 members (excludes halogenated alkanes) is 2. The molecule has 6 heterocycles. The van der Waals surface area contributed by atoms with E-state index in [-0.39, 0.29) is 54.9 Å². The number of likely N-dealkylation sites (tertiary alicyclic amines) is 1. The maximum Gasteiger partial charge on any atom is 0.254 e. The van der Waals surface area contributed by atoms with Gasteiger partial charge in [-0.25, -0.2) is 4.98 Å². The zero-order chi connectivity index (χ0) is 47.5. The van der Waals surface area contributed by atoms with Crippen LogP contribution in [-0.4, -0.2) is 90.2 Å². The Morgan fingerprint density at radius 3 is 2.45 bits per heavy atom. The Morgan fingerprint density at radius 2 is 1.73 bits per heavy atom. The summed E-state index contributed by atoms with van der Waals surface area (Å²) in [5.74, 6) is 0.218. The van der Waals surface area contributed by atoms with E-state index in [1.165, 1.54) is 9.78 Å². The van der Waals surface area contributed by atoms with Gasteiger partial charge in [-0.15, -0.1) is 32.9 Å². The van der Waals surface area contributed by atoms with Crippen molar-refractivity contribution in [3.8, 4) is 21.3 Å². The molecule has 0 bridgehead atoms. The third kappa shape index (κ3) is 10.4. The average molecular weight is 967 g/mol. The van der Waals surface area contributed by atoms with Crippen molar-refractivity contribution in [3.63, 3.8) is 0 Å². The summed E-state index contributed by atoms with van der Waals surface area (Å²) in [6.45, 7) is 14.7. The topological polar surface area (TPSA) is 190 Å². The Bertz CT molecular complexity index is 2760. The fourth-order valence-corrected chi connectivity index (χ4v) is 10.9. The highest BCUT2D eigenvalue weighted by atomic mass is 35.5. The van der Waals surface area contributed by atoms with E-state index in [9.17, 15) is 19.5 Å². The molecule has 4 aromatic heterocycles. The summed E-state index contributed by atoms with van der Waals surface area (Å²) in [6.07, 6.45) is 1.61. The van der Waals surface area contributed by atoms with Crippen LogP contribution in [0.25, 0.3) is 15.4 Å². The molecule has 5 atom stereocenters. The summed E-state index contributed by atoms with van der Waals surface area (Å²) in [4.78, 5) is 54.6. The van der Waals surface area contributed by atoms with Crippen LogP contribution in [0.15, 0.2) is 69.6 Å². The quantitative estimate of drug-likeness (QED) is 0.0747. The van der Waals surface area contributed by atoms with Crippen LogP contribution in [0, 0.1) is 33.6 Å². The van der Waals surface area contributed by atoms with Gasteiger partial charge in [0.05, 0.1) is 47.0 Å². The van der Waals surface area contributed by atoms with Crippen LogP contribution in [-0.2, 0) is 14.4 Å². The number of halogens is 1. The molecule has 67 heavy (non-hydrogen) atoms. The molecule has 8 rings (SSSR count). The van der Waals surface area contributed by atoms with Crippen LogP contribution in [0.3, 0.4) is 0 Å². The van der Waals surface area contributed by atoms with Gasteiger partial charge in [0.25, 0.3) is 5.88 Å². The number of benzene rings is 2. The first-order valence-electron chi connectivity index (χ1n) is 22.7. The Kier molecular flexibility index (Phi) is 14.7. The first-order valence-corrected chi connectivity index (χ1v) is 24.8. The predicted octanol–water partition coefficient (Wildman–Crippen LogP) is 8.55. The number of nitrogens with zero attached hydrogens (tertiary/aromatic N) is 7. The Labute approximate surface area is 403 Å². The predicted molar refractivity (Wildman–Crippen MR) is 259 cm³/mol. The molecule has 2 aliphatic heterocycles. The van der Waals surface area contributed by atoms with Crippen molar-refractivity contribution in [2.45, 2.75) is 111 Å². The van der Waals surface area contributed by atoms with Crippen molar-refractivity contribution < 1.29 is 28.8 Å². The van der Waals surface area contributed by atoms with E-state index in [1.807, 2.05) is 93.2 Å². The zero-order valence-corrected chi connectivity index (χ0v) is 41.1. The van der Waals surface area contributed by atoms with Crippen LogP contribution in [0.2, 0.25) is 5.02 Å². The number of aliphatic hydroxyl groups excluding tert-OH is 1. The molecule has 1 saturated heterocycles. The second kappa shape index (κ2) is 20.6. The number of ether oxygens (including phenoxy) is 1. The summed E-state index contributed by atoms with van der Waals surface area (Å²) in [5, 5.41) is 31.4. The fraction of sp³-hybridized carbons (Fsp3) is 0.429. The van der Waals surface area contributed by atoms with Gasteiger partial charge in [-0.05, 0) is 93.8 Å². The van der Waals surface area contributed by atoms with Crippen molar-refractivity contribution in [3.05, 3.63) is 115 Å². The minimum Gasteiger partial charge on any atom is -0.476 e. The standard InChI is InChI=1S/C49H56ClN9O6S2/c1-26(2)42(48(63)58-24-36(60)21-38(58)47(62)53-28(4)32-11-13-34(14-12-32)45-29(5)52-25-66-45)39-23-41(57-65-39)64-20-10-8-9-19-51-40(61)22-37-46-56-55-31(7)59(46)49-43(27(3)30(6)67-49)44(54-37)33-15-17-35(50)18-16-33/h11-18,23,25-26,28,36-38,42,60H,8-10,19-22,24H2,1-7H3,(H,51,61)(H,53,62)/t28-,36+,37-,38-,42+/m0/s1. The number of aryl methyl sites for hydroxylation is 3. The summed E-state index contributed by atoms with van der Waals surface area (Å²) < 4.78 is 13.6. The number of thiazole rings is 1. The lowest BCUT2D eigenvalue weighted by Crippen LogP contribution is -2.48. The van der Waals surface area contributed by atoms with Gasteiger partial charge in [-0.1, -0.05) is 61.8 Å². The third-order valence-corrected chi connectivity index (χ3v) is 14.9. The molecule has 3 amide bonds. The maximum absolute atomic E-state index is 14.2. The first-order chi connectivity index (χ1) is 32.2. The molecule has 352 valence electrons. The lowest BCUT2D eigenvalue weighted by Gasteiger charge is -2.29. The fourth-order valence-electron chi connectivity index (χ4n) is 8.79. The van der Waals surface area contributed by atoms with Crippen molar-refractivity contribution in [2.24, 2.45) is 10.9 Å². The van der Waals surface area contributed by atoms with Crippen LogP contribution in [0.4, 0.5) is 0 Å². The Balaban J connectivity index is 0.815. The number of aliphatic hydroxyl groups is 1. The van der Waals surface area contributed by atoms with Gasteiger partial charge in [0.2, 0.25) is 17.7 Å². The highest BCUT2D eigenvalue weighted by Crippen LogP contribution is 2.40. The van der Waals surface area contributed by atoms with Crippen LogP contribution < -0.4 is 15.4 Å². The lowest BCUT2D eigenvalue weighted by atomic mass is 9.91. The van der Waals surface area contributed by atoms with Crippen LogP contribution in [0.1, 0.15) is 121 Å². The van der Waals surface area contributed by atoms with E-state index in [4.69, 9.17) is 25.9 Å². The molecule has 1 fully saturated rings. The molecule has 15 nitrogen and oxygen atoms in total. The molecule has 0 unspecified atom stereocenters. The molecular formula is C49H56ClN9O6S2. The second-order valence-electron chi connectivity index (χ2n) is 17.7. The van der Waals surface area contributed by atoms with Gasteiger partial charge < -0.3 is 29.9 Å². The highest BCUT2D eigenvalue weighted by Gasteiger charge is 2.43. The molecule has 2 aromatic carbocycles. The normalized spacial score (nSPS) is 17.7. The van der Waals surface area contributed by atoms with Gasteiger partial charge in [0, 0.05) is 46.6 Å². The molecule has 0 saturated carbocycles. The molecule has 0 aliphatic carbocycles. The van der Waals surface area contributed by atoms with Crippen molar-refractivity contribution >= 4 is 57.7 Å². The van der Waals surface area contributed by atoms with Gasteiger partial charge in [0.1, 0.15) is 28.8 Å². The molecule has 18 heteroatoms. The number of fused-ring (bicyclic) bond motifs is 3. The number of nitrogens with one attached hydrogen (secondary N) is 2. The molecule has 2 aliphatic rings. The summed E-state index contributed by atoms with van der Waals surface area (Å²) in [5.41, 5.74) is 8.63. The number of β-amino-alcohol motifs (C(OH)–C–C–N with tert-alkyl or cyclic N) is 1. The molecule has 3 N–H and O–H groups in total. The van der Waals surface area contributed by atoms with Crippen molar-refractivity contribution in [1.82, 2.24) is 40.4 Å². The maximum atomic E-state index is 14.2. The number of rotatable bonds is 17. The minimum absolute atomic E-state index is 0.0351.